The number of nitrogens with zero attached hydrogens (tertiary/aromatic N) is 2. The van der Waals surface area contributed by atoms with Crippen LogP contribution in [0.25, 0.3) is 0 Å². The quantitative estimate of drug-likeness (QED) is 0.463. The molecule has 0 unspecified atom stereocenters. The highest BCUT2D eigenvalue weighted by Crippen LogP contribution is 2.24. The highest BCUT2D eigenvalue weighted by molar-refractivity contribution is 6.21. The Bertz CT molecular complexity index is 898. The lowest BCUT2D eigenvalue weighted by molar-refractivity contribution is -0.123. The zero-order valence-corrected chi connectivity index (χ0v) is 15.1. The van der Waals surface area contributed by atoms with Crippen molar-refractivity contribution in [1.82, 2.24) is 0 Å². The minimum absolute atomic E-state index is 0.228. The minimum Gasteiger partial charge on any atom is -0.492 e. The molecule has 2 aromatic rings. The van der Waals surface area contributed by atoms with Gasteiger partial charge in [-0.05, 0) is 43.3 Å². The van der Waals surface area contributed by atoms with E-state index < -0.39 is 11.8 Å². The lowest BCUT2D eigenvalue weighted by Gasteiger charge is -2.19. The molecule has 0 heterocycles. The topological polar surface area (TPSA) is 108 Å². The van der Waals surface area contributed by atoms with Crippen LogP contribution in [0.5, 0.6) is 5.75 Å². The monoisotopic (exact) mass is 364 g/mol. The van der Waals surface area contributed by atoms with Gasteiger partial charge in [0.2, 0.25) is 5.91 Å². The number of nitrogens with one attached hydrogen (secondary N) is 1. The number of hydrogen-bond donors (Lipinski definition) is 2. The lowest BCUT2D eigenvalue weighted by Crippen LogP contribution is -2.36. The average molecular weight is 364 g/mol. The summed E-state index contributed by atoms with van der Waals surface area (Å²) < 4.78 is 5.49. The molecule has 138 valence electrons. The Hall–Kier alpha value is -3.79. The van der Waals surface area contributed by atoms with Gasteiger partial charge in [-0.3, -0.25) is 9.59 Å². The molecule has 0 aliphatic heterocycles. The van der Waals surface area contributed by atoms with E-state index in [2.05, 4.69) is 5.32 Å². The Kier molecular flexibility index (Phi) is 6.55. The van der Waals surface area contributed by atoms with Crippen molar-refractivity contribution in [3.05, 3.63) is 60.3 Å². The molecular formula is C20H20N4O3. The summed E-state index contributed by atoms with van der Waals surface area (Å²) >= 11 is 0. The molecule has 0 saturated heterocycles. The van der Waals surface area contributed by atoms with Crippen molar-refractivity contribution in [3.8, 4) is 11.8 Å². The number of benzene rings is 2. The summed E-state index contributed by atoms with van der Waals surface area (Å²) in [7, 11) is 0. The zero-order chi connectivity index (χ0) is 19.8. The number of ether oxygens (including phenoxy) is 1. The van der Waals surface area contributed by atoms with Gasteiger partial charge in [-0.25, -0.2) is 4.90 Å². The second-order valence-electron chi connectivity index (χ2n) is 5.49. The first-order chi connectivity index (χ1) is 13.0. The fourth-order valence-electron chi connectivity index (χ4n) is 2.34. The Morgan fingerprint density at radius 3 is 2.48 bits per heavy atom. The Morgan fingerprint density at radius 1 is 1.22 bits per heavy atom. The molecule has 0 radical (unpaired) electrons. The van der Waals surface area contributed by atoms with Crippen molar-refractivity contribution in [2.75, 3.05) is 22.6 Å². The van der Waals surface area contributed by atoms with Gasteiger partial charge in [-0.1, -0.05) is 12.1 Å². The molecule has 0 atom stereocenters. The second kappa shape index (κ2) is 9.06. The molecule has 2 rings (SSSR count). The van der Waals surface area contributed by atoms with E-state index in [1.165, 1.54) is 13.1 Å². The van der Waals surface area contributed by atoms with Crippen LogP contribution < -0.4 is 20.7 Å². The summed E-state index contributed by atoms with van der Waals surface area (Å²) in [6.45, 7) is 3.58. The van der Waals surface area contributed by atoms with Gasteiger partial charge in [-0.2, -0.15) is 5.26 Å². The maximum Gasteiger partial charge on any atom is 0.277 e. The number of para-hydroxylation sites is 2. The number of hydrogen-bond acceptors (Lipinski definition) is 6. The van der Waals surface area contributed by atoms with Crippen molar-refractivity contribution in [1.29, 1.82) is 5.26 Å². The van der Waals surface area contributed by atoms with Crippen molar-refractivity contribution < 1.29 is 14.3 Å². The summed E-state index contributed by atoms with van der Waals surface area (Å²) in [5.41, 5.74) is 6.84. The van der Waals surface area contributed by atoms with Gasteiger partial charge in [0, 0.05) is 18.8 Å². The lowest BCUT2D eigenvalue weighted by atomic mass is 10.2. The van der Waals surface area contributed by atoms with Gasteiger partial charge in [0.05, 0.1) is 18.0 Å². The van der Waals surface area contributed by atoms with Crippen molar-refractivity contribution in [3.63, 3.8) is 0 Å². The standard InChI is InChI=1S/C20H20N4O3/c1-3-27-19-7-5-4-6-18(19)23-13-15(12-21)20(26)24(14(2)25)17-10-8-16(22)9-11-17/h4-11,13,23H,3,22H2,1-2H3/b15-13-. The first-order valence-electron chi connectivity index (χ1n) is 8.27. The van der Waals surface area contributed by atoms with Gasteiger partial charge in [0.25, 0.3) is 5.91 Å². The van der Waals surface area contributed by atoms with Crippen LogP contribution in [-0.4, -0.2) is 18.4 Å². The van der Waals surface area contributed by atoms with Crippen LogP contribution >= 0.6 is 0 Å². The summed E-state index contributed by atoms with van der Waals surface area (Å²) in [5, 5.41) is 12.3. The first kappa shape index (κ1) is 19.5. The van der Waals surface area contributed by atoms with Crippen LogP contribution in [0.15, 0.2) is 60.3 Å². The number of nitrogens with two attached hydrogens (primary N) is 1. The van der Waals surface area contributed by atoms with E-state index in [1.54, 1.807) is 42.5 Å². The first-order valence-corrected chi connectivity index (χ1v) is 8.27. The van der Waals surface area contributed by atoms with Crippen molar-refractivity contribution in [2.45, 2.75) is 13.8 Å². The maximum absolute atomic E-state index is 12.7. The fourth-order valence-corrected chi connectivity index (χ4v) is 2.34. The maximum atomic E-state index is 12.7. The zero-order valence-electron chi connectivity index (χ0n) is 15.1. The van der Waals surface area contributed by atoms with Gasteiger partial charge >= 0.3 is 0 Å². The molecule has 0 spiro atoms. The number of carbonyl (C=O) groups is 2. The van der Waals surface area contributed by atoms with Gasteiger partial charge in [0.15, 0.2) is 0 Å². The highest BCUT2D eigenvalue weighted by atomic mass is 16.5. The van der Waals surface area contributed by atoms with Gasteiger partial charge < -0.3 is 15.8 Å². The molecule has 0 bridgehead atoms. The molecule has 0 fully saturated rings. The normalized spacial score (nSPS) is 10.6. The number of nitrogen functional groups attached to an aromatic ring is 1. The molecule has 27 heavy (non-hydrogen) atoms. The van der Waals surface area contributed by atoms with Crippen LogP contribution in [0.4, 0.5) is 17.1 Å². The van der Waals surface area contributed by atoms with Crippen LogP contribution in [0.2, 0.25) is 0 Å². The number of anilines is 3. The predicted molar refractivity (Wildman–Crippen MR) is 104 cm³/mol. The molecule has 0 aromatic heterocycles. The van der Waals surface area contributed by atoms with Crippen LogP contribution in [0.1, 0.15) is 13.8 Å². The fraction of sp³-hybridized carbons (Fsp3) is 0.150. The molecule has 3 N–H and O–H groups in total. The Labute approximate surface area is 157 Å². The summed E-state index contributed by atoms with van der Waals surface area (Å²) in [5.74, 6) is -0.667. The smallest absolute Gasteiger partial charge is 0.277 e. The number of carbonyl (C=O) groups excluding carboxylic acids is 2. The van der Waals surface area contributed by atoms with E-state index in [-0.39, 0.29) is 5.57 Å². The summed E-state index contributed by atoms with van der Waals surface area (Å²) in [6, 6.07) is 15.2. The van der Waals surface area contributed by atoms with E-state index in [9.17, 15) is 14.9 Å². The van der Waals surface area contributed by atoms with Gasteiger partial charge in [-0.15, -0.1) is 0 Å². The second-order valence-corrected chi connectivity index (χ2v) is 5.49. The SMILES string of the molecule is CCOc1ccccc1N/C=C(/C#N)C(=O)N(C(C)=O)c1ccc(N)cc1. The molecule has 2 aromatic carbocycles. The molecule has 2 amide bonds. The molecule has 0 aliphatic rings. The van der Waals surface area contributed by atoms with Gasteiger partial charge in [0.1, 0.15) is 17.4 Å². The minimum atomic E-state index is -0.740. The van der Waals surface area contributed by atoms with E-state index in [4.69, 9.17) is 10.5 Å². The van der Waals surface area contributed by atoms with Crippen LogP contribution in [0.3, 0.4) is 0 Å². The van der Waals surface area contributed by atoms with E-state index in [1.807, 2.05) is 19.1 Å². The Morgan fingerprint density at radius 2 is 1.89 bits per heavy atom. The van der Waals surface area contributed by atoms with Crippen molar-refractivity contribution >= 4 is 28.9 Å². The van der Waals surface area contributed by atoms with Crippen LogP contribution in [-0.2, 0) is 9.59 Å². The number of imide groups is 1. The predicted octanol–water partition coefficient (Wildman–Crippen LogP) is 3.07. The molecule has 0 aliphatic carbocycles. The third-order valence-electron chi connectivity index (χ3n) is 3.58. The average Bonchev–Trinajstić information content (AvgIpc) is 2.65. The summed E-state index contributed by atoms with van der Waals surface area (Å²) in [6.07, 6.45) is 1.26. The highest BCUT2D eigenvalue weighted by Gasteiger charge is 2.24. The van der Waals surface area contributed by atoms with Crippen LogP contribution in [0, 0.1) is 11.3 Å². The molecular weight excluding hydrogens is 344 g/mol. The molecule has 0 saturated carbocycles. The summed E-state index contributed by atoms with van der Waals surface area (Å²) in [4.78, 5) is 25.7. The number of nitriles is 1. The van der Waals surface area contributed by atoms with E-state index in [0.29, 0.717) is 29.4 Å². The Balaban J connectivity index is 2.30. The number of amides is 2. The number of rotatable bonds is 6. The van der Waals surface area contributed by atoms with Crippen molar-refractivity contribution in [2.24, 2.45) is 0 Å². The largest absolute Gasteiger partial charge is 0.492 e. The van der Waals surface area contributed by atoms with E-state index >= 15 is 0 Å². The van der Waals surface area contributed by atoms with E-state index in [0.717, 1.165) is 4.90 Å². The third-order valence-corrected chi connectivity index (χ3v) is 3.58. The molecule has 7 nitrogen and oxygen atoms in total. The molecule has 7 heteroatoms. The third kappa shape index (κ3) is 4.86.